The molecule has 0 aromatic heterocycles. The van der Waals surface area contributed by atoms with Crippen LogP contribution in [0.2, 0.25) is 0 Å². The molecule has 0 saturated carbocycles. The fourth-order valence-corrected chi connectivity index (χ4v) is 1.22. The summed E-state index contributed by atoms with van der Waals surface area (Å²) in [5.41, 5.74) is 0.0453. The van der Waals surface area contributed by atoms with Crippen LogP contribution >= 0.6 is 0 Å². The molecule has 1 amide bonds. The summed E-state index contributed by atoms with van der Waals surface area (Å²) in [6.07, 6.45) is -0.179. The van der Waals surface area contributed by atoms with Crippen molar-refractivity contribution in [3.8, 4) is 0 Å². The van der Waals surface area contributed by atoms with Gasteiger partial charge in [0.15, 0.2) is 0 Å². The van der Waals surface area contributed by atoms with E-state index in [9.17, 15) is 4.79 Å². The molecule has 1 rings (SSSR count). The number of amides is 1. The minimum absolute atomic E-state index is 0.0453. The predicted molar refractivity (Wildman–Crippen MR) is 55.2 cm³/mol. The number of piperazine rings is 1. The van der Waals surface area contributed by atoms with Crippen LogP contribution in [0.25, 0.3) is 0 Å². The number of nitrogens with zero attached hydrogens (tertiary/aromatic N) is 1. The minimum Gasteiger partial charge on any atom is -0.449 e. The molecule has 1 aliphatic heterocycles. The van der Waals surface area contributed by atoms with E-state index in [-0.39, 0.29) is 11.5 Å². The third-order valence-corrected chi connectivity index (χ3v) is 2.00. The number of hydrogen-bond donors (Lipinski definition) is 1. The SMILES string of the molecule is CC(C)(C)COC(=O)N1CCNCC1. The highest BCUT2D eigenvalue weighted by Gasteiger charge is 2.20. The first kappa shape index (κ1) is 11.3. The van der Waals surface area contributed by atoms with Gasteiger partial charge in [0.05, 0.1) is 6.61 Å². The molecular weight excluding hydrogens is 180 g/mol. The molecule has 0 unspecified atom stereocenters. The highest BCUT2D eigenvalue weighted by atomic mass is 16.6. The average Bonchev–Trinajstić information content (AvgIpc) is 2.14. The zero-order valence-electron chi connectivity index (χ0n) is 9.30. The first-order chi connectivity index (χ1) is 6.49. The van der Waals surface area contributed by atoms with Crippen LogP contribution in [0.3, 0.4) is 0 Å². The zero-order chi connectivity index (χ0) is 10.6. The van der Waals surface area contributed by atoms with E-state index in [1.165, 1.54) is 0 Å². The lowest BCUT2D eigenvalue weighted by Gasteiger charge is -2.28. The molecule has 0 aromatic carbocycles. The number of ether oxygens (including phenoxy) is 1. The third-order valence-electron chi connectivity index (χ3n) is 2.00. The van der Waals surface area contributed by atoms with E-state index < -0.39 is 0 Å². The molecule has 1 saturated heterocycles. The molecule has 0 radical (unpaired) electrons. The monoisotopic (exact) mass is 200 g/mol. The summed E-state index contributed by atoms with van der Waals surface area (Å²) in [5.74, 6) is 0. The minimum atomic E-state index is -0.179. The van der Waals surface area contributed by atoms with Crippen molar-refractivity contribution in [1.29, 1.82) is 0 Å². The number of hydrogen-bond acceptors (Lipinski definition) is 3. The second-order valence-corrected chi connectivity index (χ2v) is 4.85. The number of nitrogens with one attached hydrogen (secondary N) is 1. The quantitative estimate of drug-likeness (QED) is 0.688. The summed E-state index contributed by atoms with van der Waals surface area (Å²) < 4.78 is 5.21. The molecule has 0 aromatic rings. The highest BCUT2D eigenvalue weighted by Crippen LogP contribution is 2.13. The maximum Gasteiger partial charge on any atom is 0.409 e. The maximum absolute atomic E-state index is 11.5. The Morgan fingerprint density at radius 2 is 1.93 bits per heavy atom. The van der Waals surface area contributed by atoms with Gasteiger partial charge in [0.2, 0.25) is 0 Å². The van der Waals surface area contributed by atoms with Crippen LogP contribution in [0.4, 0.5) is 4.79 Å². The van der Waals surface area contributed by atoms with E-state index in [1.807, 2.05) is 0 Å². The molecule has 0 aliphatic carbocycles. The smallest absolute Gasteiger partial charge is 0.409 e. The van der Waals surface area contributed by atoms with Crippen LogP contribution in [-0.2, 0) is 4.74 Å². The van der Waals surface area contributed by atoms with Crippen LogP contribution in [0.15, 0.2) is 0 Å². The van der Waals surface area contributed by atoms with Crippen LogP contribution in [-0.4, -0.2) is 43.8 Å². The normalized spacial score (nSPS) is 18.1. The standard InChI is InChI=1S/C10H20N2O2/c1-10(2,3)8-14-9(13)12-6-4-11-5-7-12/h11H,4-8H2,1-3H3. The van der Waals surface area contributed by atoms with Crippen molar-refractivity contribution in [3.05, 3.63) is 0 Å². The Hall–Kier alpha value is -0.770. The van der Waals surface area contributed by atoms with E-state index in [2.05, 4.69) is 26.1 Å². The van der Waals surface area contributed by atoms with Gasteiger partial charge in [0.1, 0.15) is 0 Å². The Labute approximate surface area is 85.6 Å². The first-order valence-corrected chi connectivity index (χ1v) is 5.11. The van der Waals surface area contributed by atoms with Crippen LogP contribution in [0.1, 0.15) is 20.8 Å². The molecule has 1 aliphatic rings. The van der Waals surface area contributed by atoms with Crippen LogP contribution < -0.4 is 5.32 Å². The van der Waals surface area contributed by atoms with E-state index in [4.69, 9.17) is 4.74 Å². The van der Waals surface area contributed by atoms with Gasteiger partial charge in [-0.25, -0.2) is 4.79 Å². The maximum atomic E-state index is 11.5. The average molecular weight is 200 g/mol. The molecule has 0 spiro atoms. The molecule has 4 heteroatoms. The van der Waals surface area contributed by atoms with Gasteiger partial charge in [0.25, 0.3) is 0 Å². The Morgan fingerprint density at radius 3 is 2.43 bits per heavy atom. The Bertz CT molecular complexity index is 193. The number of carbonyl (C=O) groups excluding carboxylic acids is 1. The van der Waals surface area contributed by atoms with Gasteiger partial charge in [-0.05, 0) is 5.41 Å². The molecule has 1 N–H and O–H groups in total. The van der Waals surface area contributed by atoms with E-state index in [0.29, 0.717) is 6.61 Å². The molecule has 0 bridgehead atoms. The van der Waals surface area contributed by atoms with E-state index in [1.54, 1.807) is 4.90 Å². The van der Waals surface area contributed by atoms with Gasteiger partial charge in [-0.1, -0.05) is 20.8 Å². The van der Waals surface area contributed by atoms with Gasteiger partial charge < -0.3 is 15.0 Å². The Morgan fingerprint density at radius 1 is 1.36 bits per heavy atom. The third kappa shape index (κ3) is 3.96. The molecule has 82 valence electrons. The lowest BCUT2D eigenvalue weighted by Crippen LogP contribution is -2.47. The fraction of sp³-hybridized carbons (Fsp3) is 0.900. The van der Waals surface area contributed by atoms with Gasteiger partial charge in [-0.3, -0.25) is 0 Å². The largest absolute Gasteiger partial charge is 0.449 e. The zero-order valence-corrected chi connectivity index (χ0v) is 9.30. The Kier molecular flexibility index (Phi) is 3.75. The molecule has 1 fully saturated rings. The second kappa shape index (κ2) is 4.64. The van der Waals surface area contributed by atoms with E-state index in [0.717, 1.165) is 26.2 Å². The van der Waals surface area contributed by atoms with Crippen molar-refractivity contribution < 1.29 is 9.53 Å². The van der Waals surface area contributed by atoms with Crippen molar-refractivity contribution in [2.75, 3.05) is 32.8 Å². The van der Waals surface area contributed by atoms with Crippen molar-refractivity contribution in [3.63, 3.8) is 0 Å². The number of carbonyl (C=O) groups is 1. The summed E-state index contributed by atoms with van der Waals surface area (Å²) >= 11 is 0. The van der Waals surface area contributed by atoms with Crippen LogP contribution in [0.5, 0.6) is 0 Å². The van der Waals surface area contributed by atoms with Gasteiger partial charge in [0, 0.05) is 26.2 Å². The summed E-state index contributed by atoms with van der Waals surface area (Å²) in [7, 11) is 0. The molecule has 1 heterocycles. The van der Waals surface area contributed by atoms with Crippen molar-refractivity contribution >= 4 is 6.09 Å². The van der Waals surface area contributed by atoms with Gasteiger partial charge in [-0.2, -0.15) is 0 Å². The summed E-state index contributed by atoms with van der Waals surface area (Å²) in [4.78, 5) is 13.3. The van der Waals surface area contributed by atoms with Crippen molar-refractivity contribution in [1.82, 2.24) is 10.2 Å². The first-order valence-electron chi connectivity index (χ1n) is 5.11. The molecule has 4 nitrogen and oxygen atoms in total. The summed E-state index contributed by atoms with van der Waals surface area (Å²) in [5, 5.41) is 3.19. The molecule has 0 atom stereocenters. The lowest BCUT2D eigenvalue weighted by molar-refractivity contribution is 0.0690. The van der Waals surface area contributed by atoms with Gasteiger partial charge in [-0.15, -0.1) is 0 Å². The second-order valence-electron chi connectivity index (χ2n) is 4.85. The van der Waals surface area contributed by atoms with Gasteiger partial charge >= 0.3 is 6.09 Å². The topological polar surface area (TPSA) is 41.6 Å². The van der Waals surface area contributed by atoms with E-state index >= 15 is 0 Å². The fourth-order valence-electron chi connectivity index (χ4n) is 1.22. The van der Waals surface area contributed by atoms with Crippen LogP contribution in [0, 0.1) is 5.41 Å². The lowest BCUT2D eigenvalue weighted by atomic mass is 9.99. The number of rotatable bonds is 1. The molecule has 14 heavy (non-hydrogen) atoms. The molecular formula is C10H20N2O2. The summed E-state index contributed by atoms with van der Waals surface area (Å²) in [6.45, 7) is 9.88. The van der Waals surface area contributed by atoms with Crippen molar-refractivity contribution in [2.45, 2.75) is 20.8 Å². The highest BCUT2D eigenvalue weighted by molar-refractivity contribution is 5.67. The van der Waals surface area contributed by atoms with Crippen molar-refractivity contribution in [2.24, 2.45) is 5.41 Å². The predicted octanol–water partition coefficient (Wildman–Crippen LogP) is 1.07. The Balaban J connectivity index is 2.27. The summed E-state index contributed by atoms with van der Waals surface area (Å²) in [6, 6.07) is 0.